The molecule has 0 aliphatic heterocycles. The van der Waals surface area contributed by atoms with Crippen LogP contribution in [0.2, 0.25) is 0 Å². The zero-order valence-corrected chi connectivity index (χ0v) is 10.5. The Morgan fingerprint density at radius 3 is 1.79 bits per heavy atom. The van der Waals surface area contributed by atoms with Crippen molar-refractivity contribution in [2.24, 2.45) is 23.2 Å². The molecule has 0 aromatic rings. The zero-order valence-electron chi connectivity index (χ0n) is 10.5. The number of hydrogen-bond acceptors (Lipinski definition) is 1. The van der Waals surface area contributed by atoms with Gasteiger partial charge in [-0.25, -0.2) is 4.79 Å². The van der Waals surface area contributed by atoms with Gasteiger partial charge >= 0.3 is 12.1 Å². The monoisotopic (exact) mass is 274 g/mol. The molecule has 0 aromatic heterocycles. The summed E-state index contributed by atoms with van der Waals surface area (Å²) in [5.74, 6) is -0.0917. The lowest BCUT2D eigenvalue weighted by Crippen LogP contribution is -2.48. The molecule has 0 spiro atoms. The molecule has 0 aromatic carbocycles. The van der Waals surface area contributed by atoms with Gasteiger partial charge in [-0.2, -0.15) is 13.2 Å². The van der Waals surface area contributed by atoms with E-state index in [9.17, 15) is 23.1 Å². The summed E-state index contributed by atoms with van der Waals surface area (Å²) in [6.45, 7) is 0. The summed E-state index contributed by atoms with van der Waals surface area (Å²) in [5, 5.41) is 9.23. The molecule has 0 radical (unpaired) electrons. The topological polar surface area (TPSA) is 37.3 Å². The average molecular weight is 274 g/mol. The van der Waals surface area contributed by atoms with E-state index in [1.807, 2.05) is 0 Å². The lowest BCUT2D eigenvalue weighted by molar-refractivity contribution is -0.138. The Kier molecular flexibility index (Phi) is 2.74. The molecule has 19 heavy (non-hydrogen) atoms. The first-order valence-electron chi connectivity index (χ1n) is 6.81. The van der Waals surface area contributed by atoms with E-state index in [0.717, 1.165) is 19.3 Å². The van der Waals surface area contributed by atoms with Gasteiger partial charge in [0.05, 0.1) is 0 Å². The van der Waals surface area contributed by atoms with Gasteiger partial charge in [-0.15, -0.1) is 0 Å². The normalized spacial score (nSPS) is 41.6. The summed E-state index contributed by atoms with van der Waals surface area (Å²) in [6.07, 6.45) is 0.641. The fourth-order valence-electron chi connectivity index (χ4n) is 5.05. The maximum Gasteiger partial charge on any atom is 0.410 e. The number of hydrogen-bond donors (Lipinski definition) is 1. The molecule has 0 amide bonds. The van der Waals surface area contributed by atoms with E-state index in [2.05, 4.69) is 0 Å². The largest absolute Gasteiger partial charge is 0.478 e. The summed E-state index contributed by atoms with van der Waals surface area (Å²) < 4.78 is 37.8. The van der Waals surface area contributed by atoms with Gasteiger partial charge in [0.1, 0.15) is 0 Å². The Morgan fingerprint density at radius 1 is 1.05 bits per heavy atom. The first-order chi connectivity index (χ1) is 8.77. The minimum absolute atomic E-state index is 0.0441. The molecule has 4 aliphatic carbocycles. The molecule has 4 rings (SSSR count). The number of carboxylic acids is 1. The third kappa shape index (κ3) is 2.28. The molecule has 4 fully saturated rings. The SMILES string of the molecule is O=C(O)C(=CC(F)(F)F)C12CC3CC(CC(C3)C1)C2. The van der Waals surface area contributed by atoms with E-state index in [-0.39, 0.29) is 11.6 Å². The van der Waals surface area contributed by atoms with E-state index in [1.165, 1.54) is 0 Å². The molecule has 2 nitrogen and oxygen atoms in total. The average Bonchev–Trinajstić information content (AvgIpc) is 2.22. The summed E-state index contributed by atoms with van der Waals surface area (Å²) in [7, 11) is 0. The highest BCUT2D eigenvalue weighted by atomic mass is 19.4. The summed E-state index contributed by atoms with van der Waals surface area (Å²) in [5.41, 5.74) is -1.10. The molecule has 4 aliphatic rings. The molecule has 4 saturated carbocycles. The Hall–Kier alpha value is -1.00. The van der Waals surface area contributed by atoms with Crippen molar-refractivity contribution in [2.75, 3.05) is 0 Å². The van der Waals surface area contributed by atoms with Gasteiger partial charge < -0.3 is 5.11 Å². The van der Waals surface area contributed by atoms with Crippen molar-refractivity contribution in [2.45, 2.75) is 44.7 Å². The van der Waals surface area contributed by atoms with Crippen LogP contribution in [0.5, 0.6) is 0 Å². The van der Waals surface area contributed by atoms with Crippen LogP contribution in [-0.4, -0.2) is 17.3 Å². The van der Waals surface area contributed by atoms with E-state index < -0.39 is 17.6 Å². The third-order valence-corrected chi connectivity index (χ3v) is 5.15. The van der Waals surface area contributed by atoms with Crippen LogP contribution in [0.25, 0.3) is 0 Å². The zero-order chi connectivity index (χ0) is 13.8. The highest BCUT2D eigenvalue weighted by Gasteiger charge is 2.54. The van der Waals surface area contributed by atoms with Crippen LogP contribution < -0.4 is 0 Å². The van der Waals surface area contributed by atoms with Crippen LogP contribution in [0.3, 0.4) is 0 Å². The molecule has 0 unspecified atom stereocenters. The molecule has 4 bridgehead atoms. The van der Waals surface area contributed by atoms with Crippen molar-refractivity contribution in [3.05, 3.63) is 11.6 Å². The fourth-order valence-corrected chi connectivity index (χ4v) is 5.05. The van der Waals surface area contributed by atoms with Gasteiger partial charge in [0.2, 0.25) is 0 Å². The van der Waals surface area contributed by atoms with Crippen LogP contribution >= 0.6 is 0 Å². The van der Waals surface area contributed by atoms with Gasteiger partial charge in [-0.3, -0.25) is 0 Å². The fraction of sp³-hybridized carbons (Fsp3) is 0.786. The number of aliphatic carboxylic acids is 1. The van der Waals surface area contributed by atoms with Gasteiger partial charge in [-0.05, 0) is 56.3 Å². The second-order valence-electron chi connectivity index (χ2n) is 6.60. The van der Waals surface area contributed by atoms with E-state index >= 15 is 0 Å². The maximum absolute atomic E-state index is 12.6. The van der Waals surface area contributed by atoms with Crippen LogP contribution in [0.15, 0.2) is 11.6 Å². The standard InChI is InChI=1S/C14H17F3O2/c15-14(16,17)7-11(12(18)19)13-4-8-1-9(5-13)3-10(2-8)6-13/h7-10H,1-6H2,(H,18,19). The predicted octanol–water partition coefficient (Wildman–Crippen LogP) is 3.78. The van der Waals surface area contributed by atoms with Gasteiger partial charge in [-0.1, -0.05) is 0 Å². The molecular weight excluding hydrogens is 257 g/mol. The lowest BCUT2D eigenvalue weighted by Gasteiger charge is -2.57. The first kappa shape index (κ1) is 13.0. The Labute approximate surface area is 109 Å². The number of rotatable bonds is 2. The number of allylic oxidation sites excluding steroid dienone is 1. The van der Waals surface area contributed by atoms with Gasteiger partial charge in [0, 0.05) is 17.1 Å². The van der Waals surface area contributed by atoms with Gasteiger partial charge in [0.25, 0.3) is 0 Å². The molecule has 5 heteroatoms. The number of carbonyl (C=O) groups is 1. The number of carboxylic acid groups (broad SMARTS) is 1. The number of alkyl halides is 3. The number of halogens is 3. The van der Waals surface area contributed by atoms with Crippen molar-refractivity contribution >= 4 is 5.97 Å². The van der Waals surface area contributed by atoms with Crippen molar-refractivity contribution in [1.82, 2.24) is 0 Å². The minimum Gasteiger partial charge on any atom is -0.478 e. The minimum atomic E-state index is -4.54. The van der Waals surface area contributed by atoms with Crippen LogP contribution in [-0.2, 0) is 4.79 Å². The van der Waals surface area contributed by atoms with Crippen LogP contribution in [0.1, 0.15) is 38.5 Å². The quantitative estimate of drug-likeness (QED) is 0.778. The molecule has 0 heterocycles. The first-order valence-corrected chi connectivity index (χ1v) is 6.81. The Balaban J connectivity index is 1.98. The summed E-state index contributed by atoms with van der Waals surface area (Å²) in [6, 6.07) is 0. The predicted molar refractivity (Wildman–Crippen MR) is 62.4 cm³/mol. The molecule has 1 N–H and O–H groups in total. The van der Waals surface area contributed by atoms with Crippen molar-refractivity contribution in [3.63, 3.8) is 0 Å². The van der Waals surface area contributed by atoms with Gasteiger partial charge in [0.15, 0.2) is 0 Å². The lowest BCUT2D eigenvalue weighted by atomic mass is 9.47. The molecule has 106 valence electrons. The highest BCUT2D eigenvalue weighted by Crippen LogP contribution is 2.62. The third-order valence-electron chi connectivity index (χ3n) is 5.15. The van der Waals surface area contributed by atoms with E-state index in [4.69, 9.17) is 0 Å². The maximum atomic E-state index is 12.6. The van der Waals surface area contributed by atoms with Crippen molar-refractivity contribution in [1.29, 1.82) is 0 Å². The molecule has 0 saturated heterocycles. The second kappa shape index (κ2) is 4.00. The summed E-state index contributed by atoms with van der Waals surface area (Å²) >= 11 is 0. The highest BCUT2D eigenvalue weighted by molar-refractivity contribution is 5.88. The van der Waals surface area contributed by atoms with Crippen LogP contribution in [0.4, 0.5) is 13.2 Å². The summed E-state index contributed by atoms with van der Waals surface area (Å²) in [4.78, 5) is 11.3. The van der Waals surface area contributed by atoms with E-state index in [0.29, 0.717) is 37.0 Å². The van der Waals surface area contributed by atoms with E-state index in [1.54, 1.807) is 0 Å². The Bertz CT molecular complexity index is 401. The molecule has 0 atom stereocenters. The second-order valence-corrected chi connectivity index (χ2v) is 6.60. The Morgan fingerprint density at radius 2 is 1.47 bits per heavy atom. The smallest absolute Gasteiger partial charge is 0.410 e. The van der Waals surface area contributed by atoms with Crippen LogP contribution in [0, 0.1) is 23.2 Å². The van der Waals surface area contributed by atoms with Crippen molar-refractivity contribution in [3.8, 4) is 0 Å². The van der Waals surface area contributed by atoms with Crippen molar-refractivity contribution < 1.29 is 23.1 Å². The molecular formula is C14H17F3O2.